The second-order valence-electron chi connectivity index (χ2n) is 5.48. The number of nitrogens with zero attached hydrogens (tertiary/aromatic N) is 2. The first kappa shape index (κ1) is 15.9. The number of carboxylic acids is 1. The molecular formula is C14H20N2O4. The van der Waals surface area contributed by atoms with Gasteiger partial charge in [-0.25, -0.2) is 9.59 Å². The number of ether oxygens (including phenoxy) is 1. The predicted octanol–water partition coefficient (Wildman–Crippen LogP) is 2.29. The van der Waals surface area contributed by atoms with Crippen molar-refractivity contribution in [2.45, 2.75) is 45.9 Å². The Balaban J connectivity index is 2.91. The zero-order chi connectivity index (χ0) is 15.3. The molecule has 0 radical (unpaired) electrons. The van der Waals surface area contributed by atoms with Crippen molar-refractivity contribution in [3.63, 3.8) is 0 Å². The minimum atomic E-state index is -1.08. The number of hydrogen-bond acceptors (Lipinski definition) is 4. The zero-order valence-corrected chi connectivity index (χ0v) is 12.2. The normalized spacial score (nSPS) is 12.6. The van der Waals surface area contributed by atoms with E-state index in [1.165, 1.54) is 11.8 Å². The Morgan fingerprint density at radius 1 is 1.35 bits per heavy atom. The summed E-state index contributed by atoms with van der Waals surface area (Å²) >= 11 is 0. The molecule has 1 amide bonds. The Bertz CT molecular complexity index is 468. The fourth-order valence-electron chi connectivity index (χ4n) is 1.50. The van der Waals surface area contributed by atoms with Crippen LogP contribution < -0.4 is 0 Å². The highest BCUT2D eigenvalue weighted by atomic mass is 16.6. The van der Waals surface area contributed by atoms with Crippen LogP contribution in [0, 0.1) is 0 Å². The number of carbonyl (C=O) groups is 2. The first-order valence-corrected chi connectivity index (χ1v) is 6.32. The van der Waals surface area contributed by atoms with Crippen molar-refractivity contribution in [2.24, 2.45) is 0 Å². The zero-order valence-electron chi connectivity index (χ0n) is 12.2. The molecule has 0 bridgehead atoms. The third-order valence-corrected chi connectivity index (χ3v) is 2.56. The fourth-order valence-corrected chi connectivity index (χ4v) is 1.50. The van der Waals surface area contributed by atoms with Crippen molar-refractivity contribution >= 4 is 12.1 Å². The highest BCUT2D eigenvalue weighted by Gasteiger charge is 2.29. The molecule has 0 spiro atoms. The Hall–Kier alpha value is -2.11. The summed E-state index contributed by atoms with van der Waals surface area (Å²) in [6.07, 6.45) is 2.53. The van der Waals surface area contributed by atoms with Gasteiger partial charge >= 0.3 is 12.1 Å². The number of carbonyl (C=O) groups excluding carboxylic acids is 1. The predicted molar refractivity (Wildman–Crippen MR) is 73.1 cm³/mol. The molecule has 1 unspecified atom stereocenters. The van der Waals surface area contributed by atoms with Gasteiger partial charge in [0.05, 0.1) is 6.54 Å². The maximum Gasteiger partial charge on any atom is 0.411 e. The minimum absolute atomic E-state index is 0.158. The van der Waals surface area contributed by atoms with Crippen LogP contribution in [0.2, 0.25) is 0 Å². The molecular weight excluding hydrogens is 260 g/mol. The Kier molecular flexibility index (Phi) is 5.07. The largest absolute Gasteiger partial charge is 0.480 e. The second-order valence-corrected chi connectivity index (χ2v) is 5.48. The molecule has 0 saturated carbocycles. The van der Waals surface area contributed by atoms with E-state index >= 15 is 0 Å². The molecule has 0 aliphatic heterocycles. The molecule has 1 aromatic rings. The maximum absolute atomic E-state index is 12.1. The lowest BCUT2D eigenvalue weighted by Gasteiger charge is -2.29. The van der Waals surface area contributed by atoms with E-state index in [9.17, 15) is 9.59 Å². The Morgan fingerprint density at radius 3 is 2.35 bits per heavy atom. The van der Waals surface area contributed by atoms with Gasteiger partial charge in [0.25, 0.3) is 0 Å². The fraction of sp³-hybridized carbons (Fsp3) is 0.500. The van der Waals surface area contributed by atoms with Gasteiger partial charge in [-0.05, 0) is 45.4 Å². The molecule has 0 aromatic carbocycles. The van der Waals surface area contributed by atoms with E-state index in [-0.39, 0.29) is 6.54 Å². The van der Waals surface area contributed by atoms with Gasteiger partial charge in [-0.1, -0.05) is 0 Å². The Labute approximate surface area is 118 Å². The summed E-state index contributed by atoms with van der Waals surface area (Å²) in [6.45, 7) is 6.82. The second kappa shape index (κ2) is 6.36. The molecule has 1 aromatic heterocycles. The maximum atomic E-state index is 12.1. The van der Waals surface area contributed by atoms with E-state index in [0.717, 1.165) is 5.56 Å². The third-order valence-electron chi connectivity index (χ3n) is 2.56. The van der Waals surface area contributed by atoms with Crippen LogP contribution in [-0.4, -0.2) is 38.7 Å². The lowest BCUT2D eigenvalue weighted by molar-refractivity contribution is -0.142. The van der Waals surface area contributed by atoms with Crippen molar-refractivity contribution in [3.8, 4) is 0 Å². The summed E-state index contributed by atoms with van der Waals surface area (Å²) in [5.41, 5.74) is 0.116. The SMILES string of the molecule is CC(C(=O)O)N(Cc1ccncc1)C(=O)OC(C)(C)C. The number of pyridine rings is 1. The van der Waals surface area contributed by atoms with E-state index < -0.39 is 23.7 Å². The first-order chi connectivity index (χ1) is 9.20. The van der Waals surface area contributed by atoms with Gasteiger partial charge in [0.15, 0.2) is 0 Å². The first-order valence-electron chi connectivity index (χ1n) is 6.32. The van der Waals surface area contributed by atoms with Crippen molar-refractivity contribution in [3.05, 3.63) is 30.1 Å². The molecule has 1 atom stereocenters. The summed E-state index contributed by atoms with van der Waals surface area (Å²) in [6, 6.07) is 2.48. The van der Waals surface area contributed by atoms with Gasteiger partial charge < -0.3 is 9.84 Å². The van der Waals surface area contributed by atoms with Crippen molar-refractivity contribution in [1.29, 1.82) is 0 Å². The Morgan fingerprint density at radius 2 is 1.90 bits per heavy atom. The molecule has 0 fully saturated rings. The van der Waals surface area contributed by atoms with Gasteiger partial charge in [-0.15, -0.1) is 0 Å². The molecule has 1 rings (SSSR count). The van der Waals surface area contributed by atoms with E-state index in [1.54, 1.807) is 45.3 Å². The van der Waals surface area contributed by atoms with Crippen molar-refractivity contribution in [1.82, 2.24) is 9.88 Å². The summed E-state index contributed by atoms with van der Waals surface area (Å²) < 4.78 is 5.25. The van der Waals surface area contributed by atoms with Gasteiger partial charge in [-0.3, -0.25) is 9.88 Å². The molecule has 6 heteroatoms. The molecule has 20 heavy (non-hydrogen) atoms. The van der Waals surface area contributed by atoms with Crippen LogP contribution in [-0.2, 0) is 16.1 Å². The highest BCUT2D eigenvalue weighted by molar-refractivity contribution is 5.79. The molecule has 0 aliphatic rings. The van der Waals surface area contributed by atoms with E-state index in [1.807, 2.05) is 0 Å². The van der Waals surface area contributed by atoms with Gasteiger partial charge in [0, 0.05) is 12.4 Å². The van der Waals surface area contributed by atoms with Crippen molar-refractivity contribution in [2.75, 3.05) is 0 Å². The number of amides is 1. The third kappa shape index (κ3) is 4.87. The van der Waals surface area contributed by atoms with Crippen LogP contribution in [0.3, 0.4) is 0 Å². The van der Waals surface area contributed by atoms with Crippen LogP contribution in [0.1, 0.15) is 33.3 Å². The number of aromatic nitrogens is 1. The summed E-state index contributed by atoms with van der Waals surface area (Å²) in [5.74, 6) is -1.08. The van der Waals surface area contributed by atoms with E-state index in [4.69, 9.17) is 9.84 Å². The lowest BCUT2D eigenvalue weighted by Crippen LogP contribution is -2.45. The van der Waals surface area contributed by atoms with Gasteiger partial charge in [-0.2, -0.15) is 0 Å². The molecule has 0 aliphatic carbocycles. The van der Waals surface area contributed by atoms with E-state index in [0.29, 0.717) is 0 Å². The van der Waals surface area contributed by atoms with Crippen molar-refractivity contribution < 1.29 is 19.4 Å². The average molecular weight is 280 g/mol. The number of aliphatic carboxylic acids is 1. The highest BCUT2D eigenvalue weighted by Crippen LogP contribution is 2.15. The number of carboxylic acid groups (broad SMARTS) is 1. The van der Waals surface area contributed by atoms with Crippen LogP contribution in [0.15, 0.2) is 24.5 Å². The topological polar surface area (TPSA) is 79.7 Å². The molecule has 110 valence electrons. The summed E-state index contributed by atoms with van der Waals surface area (Å²) in [4.78, 5) is 28.3. The molecule has 0 saturated heterocycles. The smallest absolute Gasteiger partial charge is 0.411 e. The molecule has 1 N–H and O–H groups in total. The molecule has 1 heterocycles. The number of hydrogen-bond donors (Lipinski definition) is 1. The number of rotatable bonds is 4. The monoisotopic (exact) mass is 280 g/mol. The minimum Gasteiger partial charge on any atom is -0.480 e. The standard InChI is InChI=1S/C14H20N2O4/c1-10(12(17)18)16(13(19)20-14(2,3)4)9-11-5-7-15-8-6-11/h5-8,10H,9H2,1-4H3,(H,17,18). The van der Waals surface area contributed by atoms with Gasteiger partial charge in [0.1, 0.15) is 11.6 Å². The quantitative estimate of drug-likeness (QED) is 0.915. The lowest BCUT2D eigenvalue weighted by atomic mass is 10.2. The summed E-state index contributed by atoms with van der Waals surface area (Å²) in [5, 5.41) is 9.12. The van der Waals surface area contributed by atoms with Crippen LogP contribution in [0.4, 0.5) is 4.79 Å². The van der Waals surface area contributed by atoms with Gasteiger partial charge in [0.2, 0.25) is 0 Å². The molecule has 6 nitrogen and oxygen atoms in total. The van der Waals surface area contributed by atoms with Crippen LogP contribution in [0.5, 0.6) is 0 Å². The van der Waals surface area contributed by atoms with Crippen LogP contribution >= 0.6 is 0 Å². The van der Waals surface area contributed by atoms with Crippen LogP contribution in [0.25, 0.3) is 0 Å². The average Bonchev–Trinajstić information content (AvgIpc) is 2.34. The van der Waals surface area contributed by atoms with E-state index in [2.05, 4.69) is 4.98 Å². The summed E-state index contributed by atoms with van der Waals surface area (Å²) in [7, 11) is 0.